The van der Waals surface area contributed by atoms with Crippen LogP contribution in [0.25, 0.3) is 22.4 Å². The summed E-state index contributed by atoms with van der Waals surface area (Å²) in [5.74, 6) is 0.768. The molecule has 26 heavy (non-hydrogen) atoms. The maximum Gasteiger partial charge on any atom is 0.261 e. The Bertz CT molecular complexity index is 1170. The Morgan fingerprint density at radius 3 is 2.69 bits per heavy atom. The number of nitrogens with zero attached hydrogens (tertiary/aromatic N) is 4. The molecule has 0 N–H and O–H groups in total. The Kier molecular flexibility index (Phi) is 4.22. The lowest BCUT2D eigenvalue weighted by atomic mass is 10.1. The molecule has 0 aliphatic rings. The molecular weight excluding hydrogens is 375 g/mol. The highest BCUT2D eigenvalue weighted by Gasteiger charge is 2.13. The second kappa shape index (κ2) is 6.55. The van der Waals surface area contributed by atoms with Gasteiger partial charge in [-0.15, -0.1) is 0 Å². The van der Waals surface area contributed by atoms with Gasteiger partial charge in [0.05, 0.1) is 28.8 Å². The van der Waals surface area contributed by atoms with Crippen LogP contribution in [0.3, 0.4) is 0 Å². The van der Waals surface area contributed by atoms with E-state index in [4.69, 9.17) is 27.7 Å². The van der Waals surface area contributed by atoms with E-state index < -0.39 is 0 Å². The van der Waals surface area contributed by atoms with Gasteiger partial charge in [-0.3, -0.25) is 9.36 Å². The number of fused-ring (bicyclic) bond motifs is 1. The molecule has 0 saturated heterocycles. The SMILES string of the molecule is Cc1ccc(-c2nc(Cn3cnc4c(Cl)cc(Cl)cc4c3=O)no2)cc1. The lowest BCUT2D eigenvalue weighted by molar-refractivity contribution is 0.420. The third kappa shape index (κ3) is 3.09. The predicted octanol–water partition coefficient (Wildman–Crippen LogP) is 4.11. The van der Waals surface area contributed by atoms with Gasteiger partial charge in [-0.2, -0.15) is 4.98 Å². The number of hydrogen-bond acceptors (Lipinski definition) is 5. The molecule has 0 unspecified atom stereocenters. The standard InChI is InChI=1S/C18H12Cl2N4O2/c1-10-2-4-11(5-3-10)17-22-15(23-26-17)8-24-9-21-16-13(18(24)25)6-12(19)7-14(16)20/h2-7,9H,8H2,1H3. The van der Waals surface area contributed by atoms with Crippen molar-refractivity contribution in [3.8, 4) is 11.5 Å². The van der Waals surface area contributed by atoms with E-state index in [9.17, 15) is 4.79 Å². The van der Waals surface area contributed by atoms with Gasteiger partial charge in [0.25, 0.3) is 11.4 Å². The van der Waals surface area contributed by atoms with Crippen molar-refractivity contribution >= 4 is 34.1 Å². The van der Waals surface area contributed by atoms with Crippen LogP contribution in [-0.4, -0.2) is 19.7 Å². The largest absolute Gasteiger partial charge is 0.334 e. The smallest absolute Gasteiger partial charge is 0.261 e. The Morgan fingerprint density at radius 2 is 1.92 bits per heavy atom. The first-order valence-electron chi connectivity index (χ1n) is 7.75. The molecule has 4 aromatic rings. The molecule has 4 rings (SSSR count). The predicted molar refractivity (Wildman–Crippen MR) is 99.6 cm³/mol. The summed E-state index contributed by atoms with van der Waals surface area (Å²) >= 11 is 12.1. The van der Waals surface area contributed by atoms with Gasteiger partial charge in [0.2, 0.25) is 0 Å². The van der Waals surface area contributed by atoms with E-state index in [0.29, 0.717) is 32.7 Å². The van der Waals surface area contributed by atoms with Gasteiger partial charge >= 0.3 is 0 Å². The van der Waals surface area contributed by atoms with Crippen LogP contribution in [0.5, 0.6) is 0 Å². The third-order valence-electron chi connectivity index (χ3n) is 3.92. The van der Waals surface area contributed by atoms with Crippen molar-refractivity contribution in [2.75, 3.05) is 0 Å². The first kappa shape index (κ1) is 16.8. The average molecular weight is 387 g/mol. The molecule has 6 nitrogen and oxygen atoms in total. The van der Waals surface area contributed by atoms with E-state index in [1.54, 1.807) is 12.1 Å². The lowest BCUT2D eigenvalue weighted by Crippen LogP contribution is -2.21. The molecule has 0 atom stereocenters. The van der Waals surface area contributed by atoms with Crippen molar-refractivity contribution in [1.82, 2.24) is 19.7 Å². The Balaban J connectivity index is 1.69. The van der Waals surface area contributed by atoms with E-state index in [2.05, 4.69) is 15.1 Å². The van der Waals surface area contributed by atoms with Crippen LogP contribution in [-0.2, 0) is 6.54 Å². The van der Waals surface area contributed by atoms with Crippen molar-refractivity contribution < 1.29 is 4.52 Å². The van der Waals surface area contributed by atoms with Crippen molar-refractivity contribution in [2.24, 2.45) is 0 Å². The van der Waals surface area contributed by atoms with E-state index in [1.165, 1.54) is 10.9 Å². The zero-order valence-electron chi connectivity index (χ0n) is 13.6. The van der Waals surface area contributed by atoms with Gasteiger partial charge in [-0.05, 0) is 31.2 Å². The van der Waals surface area contributed by atoms with E-state index >= 15 is 0 Å². The molecular formula is C18H12Cl2N4O2. The molecule has 0 radical (unpaired) electrons. The van der Waals surface area contributed by atoms with Crippen molar-refractivity contribution in [1.29, 1.82) is 0 Å². The topological polar surface area (TPSA) is 73.8 Å². The summed E-state index contributed by atoms with van der Waals surface area (Å²) in [7, 11) is 0. The van der Waals surface area contributed by atoms with Crippen LogP contribution < -0.4 is 5.56 Å². The third-order valence-corrected chi connectivity index (χ3v) is 4.43. The van der Waals surface area contributed by atoms with Gasteiger partial charge in [0.1, 0.15) is 0 Å². The highest BCUT2D eigenvalue weighted by molar-refractivity contribution is 6.38. The lowest BCUT2D eigenvalue weighted by Gasteiger charge is -2.05. The number of benzene rings is 2. The van der Waals surface area contributed by atoms with Gasteiger partial charge in [-0.25, -0.2) is 4.98 Å². The van der Waals surface area contributed by atoms with Crippen molar-refractivity contribution in [3.63, 3.8) is 0 Å². The molecule has 8 heteroatoms. The molecule has 2 aromatic heterocycles. The molecule has 2 heterocycles. The highest BCUT2D eigenvalue weighted by atomic mass is 35.5. The molecule has 0 amide bonds. The number of aromatic nitrogens is 4. The fourth-order valence-electron chi connectivity index (χ4n) is 2.59. The summed E-state index contributed by atoms with van der Waals surface area (Å²) in [5, 5.41) is 4.99. The normalized spacial score (nSPS) is 11.2. The van der Waals surface area contributed by atoms with Crippen molar-refractivity contribution in [2.45, 2.75) is 13.5 Å². The summed E-state index contributed by atoms with van der Waals surface area (Å²) in [5.41, 5.74) is 2.09. The maximum absolute atomic E-state index is 12.7. The van der Waals surface area contributed by atoms with Crippen LogP contribution >= 0.6 is 23.2 Å². The second-order valence-corrected chi connectivity index (χ2v) is 6.69. The van der Waals surface area contributed by atoms with Crippen LogP contribution in [0.15, 0.2) is 52.0 Å². The van der Waals surface area contributed by atoms with E-state index in [1.807, 2.05) is 31.2 Å². The van der Waals surface area contributed by atoms with E-state index in [0.717, 1.165) is 11.1 Å². The first-order chi connectivity index (χ1) is 12.5. The summed E-state index contributed by atoms with van der Waals surface area (Å²) in [6.45, 7) is 2.13. The Hall–Kier alpha value is -2.70. The zero-order valence-corrected chi connectivity index (χ0v) is 15.1. The van der Waals surface area contributed by atoms with Gasteiger partial charge < -0.3 is 4.52 Å². The highest BCUT2D eigenvalue weighted by Crippen LogP contribution is 2.24. The van der Waals surface area contributed by atoms with Crippen LogP contribution in [0.2, 0.25) is 10.0 Å². The molecule has 0 fully saturated rings. The van der Waals surface area contributed by atoms with Gasteiger partial charge in [0, 0.05) is 10.6 Å². The minimum atomic E-state index is -0.277. The summed E-state index contributed by atoms with van der Waals surface area (Å²) in [6, 6.07) is 10.8. The molecule has 2 aromatic carbocycles. The minimum Gasteiger partial charge on any atom is -0.334 e. The minimum absolute atomic E-state index is 0.126. The van der Waals surface area contributed by atoms with Crippen molar-refractivity contribution in [3.05, 3.63) is 74.5 Å². The summed E-state index contributed by atoms with van der Waals surface area (Å²) in [4.78, 5) is 21.3. The van der Waals surface area contributed by atoms with Crippen LogP contribution in [0, 0.1) is 6.92 Å². The zero-order chi connectivity index (χ0) is 18.3. The first-order valence-corrected chi connectivity index (χ1v) is 8.50. The Morgan fingerprint density at radius 1 is 1.15 bits per heavy atom. The number of aryl methyl sites for hydroxylation is 1. The second-order valence-electron chi connectivity index (χ2n) is 5.84. The summed E-state index contributed by atoms with van der Waals surface area (Å²) < 4.78 is 6.68. The molecule has 0 bridgehead atoms. The number of halogens is 2. The number of hydrogen-bond donors (Lipinski definition) is 0. The van der Waals surface area contributed by atoms with Gasteiger partial charge in [0.15, 0.2) is 5.82 Å². The average Bonchev–Trinajstić information content (AvgIpc) is 3.07. The number of rotatable bonds is 3. The quantitative estimate of drug-likeness (QED) is 0.529. The van der Waals surface area contributed by atoms with Crippen LogP contribution in [0.4, 0.5) is 0 Å². The summed E-state index contributed by atoms with van der Waals surface area (Å²) in [6.07, 6.45) is 1.41. The Labute approximate surface area is 158 Å². The molecule has 130 valence electrons. The van der Waals surface area contributed by atoms with Gasteiger partial charge in [-0.1, -0.05) is 46.1 Å². The molecule has 0 aliphatic heterocycles. The maximum atomic E-state index is 12.7. The van der Waals surface area contributed by atoms with Crippen LogP contribution in [0.1, 0.15) is 11.4 Å². The monoisotopic (exact) mass is 386 g/mol. The van der Waals surface area contributed by atoms with E-state index in [-0.39, 0.29) is 12.1 Å². The molecule has 0 saturated carbocycles. The fourth-order valence-corrected chi connectivity index (χ4v) is 3.13. The molecule has 0 spiro atoms. The molecule has 0 aliphatic carbocycles. The fraction of sp³-hybridized carbons (Fsp3) is 0.111.